The molecule has 2 aliphatic rings. The van der Waals surface area contributed by atoms with Gasteiger partial charge in [-0.15, -0.1) is 0 Å². The minimum Gasteiger partial charge on any atom is -0.344 e. The lowest BCUT2D eigenvalue weighted by Crippen LogP contribution is -2.44. The van der Waals surface area contributed by atoms with Crippen LogP contribution in [0.5, 0.6) is 0 Å². The monoisotopic (exact) mass is 379 g/mol. The van der Waals surface area contributed by atoms with Crippen LogP contribution in [0.15, 0.2) is 45.1 Å². The molecule has 28 heavy (non-hydrogen) atoms. The molecule has 1 atom stereocenters. The second-order valence-corrected chi connectivity index (χ2v) is 8.02. The third-order valence-corrected chi connectivity index (χ3v) is 5.94. The maximum absolute atomic E-state index is 13.1. The van der Waals surface area contributed by atoms with Crippen molar-refractivity contribution in [1.82, 2.24) is 9.13 Å². The summed E-state index contributed by atoms with van der Waals surface area (Å²) in [4.78, 5) is 38.4. The summed E-state index contributed by atoms with van der Waals surface area (Å²) in [5.74, 6) is 0.521. The van der Waals surface area contributed by atoms with E-state index < -0.39 is 5.92 Å². The van der Waals surface area contributed by atoms with Crippen molar-refractivity contribution in [1.29, 1.82) is 0 Å². The molecule has 6 heteroatoms. The van der Waals surface area contributed by atoms with Crippen LogP contribution in [0, 0.1) is 0 Å². The number of aromatic nitrogens is 2. The molecule has 1 aliphatic carbocycles. The van der Waals surface area contributed by atoms with Crippen molar-refractivity contribution in [2.75, 3.05) is 5.32 Å². The fraction of sp³-hybridized carbons (Fsp3) is 0.409. The summed E-state index contributed by atoms with van der Waals surface area (Å²) in [5.41, 5.74) is 3.36. The molecular formula is C22H25N3O3. The molecule has 1 aromatic carbocycles. The molecule has 2 heterocycles. The SMILES string of the molecule is CC(C)c1ccc([C@H]2C3=C(CCCC3=O)Nc3c2c(=O)n(C)c(=O)n3C)cc1. The fourth-order valence-corrected chi connectivity index (χ4v) is 4.30. The van der Waals surface area contributed by atoms with Crippen molar-refractivity contribution in [3.8, 4) is 0 Å². The van der Waals surface area contributed by atoms with Crippen LogP contribution < -0.4 is 16.6 Å². The van der Waals surface area contributed by atoms with Gasteiger partial charge in [-0.25, -0.2) is 4.79 Å². The molecule has 0 fully saturated rings. The first-order valence-corrected chi connectivity index (χ1v) is 9.74. The molecular weight excluding hydrogens is 354 g/mol. The smallest absolute Gasteiger partial charge is 0.332 e. The maximum atomic E-state index is 13.1. The van der Waals surface area contributed by atoms with Crippen LogP contribution >= 0.6 is 0 Å². The molecule has 0 saturated heterocycles. The predicted molar refractivity (Wildman–Crippen MR) is 109 cm³/mol. The maximum Gasteiger partial charge on any atom is 0.332 e. The second-order valence-electron chi connectivity index (χ2n) is 8.02. The number of anilines is 1. The summed E-state index contributed by atoms with van der Waals surface area (Å²) in [5, 5.41) is 3.24. The zero-order valence-electron chi connectivity index (χ0n) is 16.7. The Bertz CT molecular complexity index is 1120. The molecule has 0 radical (unpaired) electrons. The van der Waals surface area contributed by atoms with E-state index in [0.717, 1.165) is 28.7 Å². The number of hydrogen-bond donors (Lipinski definition) is 1. The summed E-state index contributed by atoms with van der Waals surface area (Å²) in [6, 6.07) is 8.13. The third-order valence-electron chi connectivity index (χ3n) is 5.94. The minimum atomic E-state index is -0.453. The second kappa shape index (κ2) is 6.62. The van der Waals surface area contributed by atoms with Crippen LogP contribution in [0.4, 0.5) is 5.82 Å². The fourth-order valence-electron chi connectivity index (χ4n) is 4.30. The zero-order valence-corrected chi connectivity index (χ0v) is 16.7. The van der Waals surface area contributed by atoms with Crippen LogP contribution in [0.3, 0.4) is 0 Å². The lowest BCUT2D eigenvalue weighted by Gasteiger charge is -2.34. The number of carbonyl (C=O) groups is 1. The van der Waals surface area contributed by atoms with E-state index in [1.165, 1.54) is 17.2 Å². The van der Waals surface area contributed by atoms with Crippen LogP contribution in [0.25, 0.3) is 0 Å². The Balaban J connectivity index is 2.02. The van der Waals surface area contributed by atoms with E-state index >= 15 is 0 Å². The lowest BCUT2D eigenvalue weighted by molar-refractivity contribution is -0.116. The summed E-state index contributed by atoms with van der Waals surface area (Å²) >= 11 is 0. The van der Waals surface area contributed by atoms with Gasteiger partial charge in [0.1, 0.15) is 5.82 Å². The van der Waals surface area contributed by atoms with Gasteiger partial charge < -0.3 is 5.32 Å². The van der Waals surface area contributed by atoms with Gasteiger partial charge in [-0.05, 0) is 29.9 Å². The molecule has 0 unspecified atom stereocenters. The van der Waals surface area contributed by atoms with Gasteiger partial charge in [0, 0.05) is 37.7 Å². The van der Waals surface area contributed by atoms with Crippen molar-refractivity contribution in [2.24, 2.45) is 14.1 Å². The molecule has 146 valence electrons. The first-order valence-electron chi connectivity index (χ1n) is 9.74. The quantitative estimate of drug-likeness (QED) is 0.871. The van der Waals surface area contributed by atoms with Crippen LogP contribution in [-0.2, 0) is 18.9 Å². The molecule has 0 bridgehead atoms. The van der Waals surface area contributed by atoms with E-state index in [-0.39, 0.29) is 17.0 Å². The number of carbonyl (C=O) groups excluding carboxylic acids is 1. The van der Waals surface area contributed by atoms with Crippen LogP contribution in [0.2, 0.25) is 0 Å². The number of ketones is 1. The van der Waals surface area contributed by atoms with Crippen molar-refractivity contribution in [3.05, 3.63) is 73.1 Å². The van der Waals surface area contributed by atoms with Gasteiger partial charge in [-0.2, -0.15) is 0 Å². The van der Waals surface area contributed by atoms with Crippen molar-refractivity contribution in [3.63, 3.8) is 0 Å². The minimum absolute atomic E-state index is 0.0771. The largest absolute Gasteiger partial charge is 0.344 e. The van der Waals surface area contributed by atoms with Gasteiger partial charge in [0.2, 0.25) is 0 Å². The molecule has 1 N–H and O–H groups in total. The van der Waals surface area contributed by atoms with Gasteiger partial charge in [-0.1, -0.05) is 38.1 Å². The van der Waals surface area contributed by atoms with Crippen LogP contribution in [0.1, 0.15) is 61.6 Å². The molecule has 6 nitrogen and oxygen atoms in total. The highest BCUT2D eigenvalue weighted by atomic mass is 16.2. The Morgan fingerprint density at radius 1 is 1.00 bits per heavy atom. The van der Waals surface area contributed by atoms with E-state index in [4.69, 9.17) is 0 Å². The number of benzene rings is 1. The average molecular weight is 379 g/mol. The van der Waals surface area contributed by atoms with E-state index in [2.05, 4.69) is 31.3 Å². The number of allylic oxidation sites excluding steroid dienone is 2. The van der Waals surface area contributed by atoms with E-state index in [1.807, 2.05) is 12.1 Å². The highest BCUT2D eigenvalue weighted by Crippen LogP contribution is 2.43. The molecule has 2 aromatic rings. The highest BCUT2D eigenvalue weighted by molar-refractivity contribution is 6.00. The van der Waals surface area contributed by atoms with Gasteiger partial charge in [-0.3, -0.25) is 18.7 Å². The van der Waals surface area contributed by atoms with E-state index in [0.29, 0.717) is 29.3 Å². The highest BCUT2D eigenvalue weighted by Gasteiger charge is 2.38. The summed E-state index contributed by atoms with van der Waals surface area (Å²) < 4.78 is 2.59. The number of hydrogen-bond acceptors (Lipinski definition) is 4. The number of nitrogens with one attached hydrogen (secondary N) is 1. The van der Waals surface area contributed by atoms with Gasteiger partial charge in [0.05, 0.1) is 5.56 Å². The van der Waals surface area contributed by atoms with Crippen molar-refractivity contribution in [2.45, 2.75) is 44.9 Å². The topological polar surface area (TPSA) is 73.1 Å². The van der Waals surface area contributed by atoms with E-state index in [1.54, 1.807) is 7.05 Å². The summed E-state index contributed by atoms with van der Waals surface area (Å²) in [6.07, 6.45) is 2.00. The predicted octanol–water partition coefficient (Wildman–Crippen LogP) is 2.77. The van der Waals surface area contributed by atoms with E-state index in [9.17, 15) is 14.4 Å². The molecule has 1 aliphatic heterocycles. The number of Topliss-reactive ketones (excluding diaryl/α,β-unsaturated/α-hetero) is 1. The van der Waals surface area contributed by atoms with Crippen molar-refractivity contribution < 1.29 is 4.79 Å². The number of nitrogens with zero attached hydrogens (tertiary/aromatic N) is 2. The molecule has 1 aromatic heterocycles. The molecule has 0 saturated carbocycles. The Morgan fingerprint density at radius 3 is 2.32 bits per heavy atom. The number of fused-ring (bicyclic) bond motifs is 1. The summed E-state index contributed by atoms with van der Waals surface area (Å²) in [7, 11) is 3.14. The average Bonchev–Trinajstić information content (AvgIpc) is 2.69. The Kier molecular flexibility index (Phi) is 4.37. The van der Waals surface area contributed by atoms with Crippen molar-refractivity contribution >= 4 is 11.6 Å². The van der Waals surface area contributed by atoms with Crippen LogP contribution in [-0.4, -0.2) is 14.9 Å². The Hall–Kier alpha value is -2.89. The Labute approximate surface area is 163 Å². The van der Waals surface area contributed by atoms with Gasteiger partial charge in [0.15, 0.2) is 5.78 Å². The standard InChI is InChI=1S/C22H25N3O3/c1-12(2)13-8-10-14(11-9-13)17-18-15(6-5-7-16(18)26)23-20-19(17)21(27)25(4)22(28)24(20)3/h8-12,17,23H,5-7H2,1-4H3/t17-/m0/s1. The summed E-state index contributed by atoms with van der Waals surface area (Å²) in [6.45, 7) is 4.26. The number of rotatable bonds is 2. The van der Waals surface area contributed by atoms with Gasteiger partial charge in [0.25, 0.3) is 5.56 Å². The Morgan fingerprint density at radius 2 is 1.68 bits per heavy atom. The molecule has 4 rings (SSSR count). The third kappa shape index (κ3) is 2.66. The molecule has 0 spiro atoms. The first kappa shape index (κ1) is 18.5. The normalized spacial score (nSPS) is 18.8. The zero-order chi connectivity index (χ0) is 20.2. The van der Waals surface area contributed by atoms with Gasteiger partial charge >= 0.3 is 5.69 Å². The lowest BCUT2D eigenvalue weighted by atomic mass is 9.76. The molecule has 0 amide bonds. The first-order chi connectivity index (χ1) is 13.3.